The first-order valence-corrected chi connectivity index (χ1v) is 12.7. The lowest BCUT2D eigenvalue weighted by Crippen LogP contribution is -2.49. The molecule has 0 bridgehead atoms. The Balaban J connectivity index is 2.98. The highest BCUT2D eigenvalue weighted by Crippen LogP contribution is 2.11. The SMILES string of the molecule is CC/C=C(/CCC=O)N(C)OC(=O)CN1CCN(CC(=O)O)CCN(CC(=O)O)CCN(CC(=O)O)CC1. The second kappa shape index (κ2) is 18.2. The number of hydroxylamine groups is 2. The Hall–Kier alpha value is -3.07. The number of carboxylic acids is 3. The minimum atomic E-state index is -1.02. The molecule has 0 atom stereocenters. The molecule has 0 aromatic heterocycles. The van der Waals surface area contributed by atoms with E-state index in [1.165, 1.54) is 5.06 Å². The van der Waals surface area contributed by atoms with Gasteiger partial charge in [0.1, 0.15) is 6.29 Å². The maximum atomic E-state index is 12.8. The van der Waals surface area contributed by atoms with E-state index in [0.717, 1.165) is 6.29 Å². The van der Waals surface area contributed by atoms with Gasteiger partial charge in [0, 0.05) is 71.5 Å². The van der Waals surface area contributed by atoms with E-state index >= 15 is 0 Å². The Morgan fingerprint density at radius 3 is 1.42 bits per heavy atom. The number of rotatable bonds is 14. The number of aldehydes is 1. The Morgan fingerprint density at radius 1 is 0.737 bits per heavy atom. The van der Waals surface area contributed by atoms with Gasteiger partial charge in [-0.1, -0.05) is 13.0 Å². The third kappa shape index (κ3) is 14.6. The molecule has 3 N–H and O–H groups in total. The van der Waals surface area contributed by atoms with Gasteiger partial charge >= 0.3 is 23.9 Å². The number of nitrogens with zero attached hydrogens (tertiary/aromatic N) is 5. The molecular weight excluding hydrogens is 502 g/mol. The standard InChI is InChI=1S/C24H41N5O9/c1-3-5-20(6-4-15-30)25(2)38-24(37)19-29-13-11-27(17-22(33)34)9-7-26(16-21(31)32)8-10-28(12-14-29)18-23(35)36/h5,15H,3-4,6-14,16-19H2,1-2H3,(H,31,32)(H,33,34)(H,35,36)/b20-5-. The van der Waals surface area contributed by atoms with Gasteiger partial charge in [0.15, 0.2) is 0 Å². The van der Waals surface area contributed by atoms with E-state index < -0.39 is 23.9 Å². The number of allylic oxidation sites excluding steroid dienone is 2. The summed E-state index contributed by atoms with van der Waals surface area (Å²) >= 11 is 0. The molecule has 14 heteroatoms. The summed E-state index contributed by atoms with van der Waals surface area (Å²) in [5.74, 6) is -3.61. The van der Waals surface area contributed by atoms with E-state index in [2.05, 4.69) is 0 Å². The first kappa shape index (κ1) is 33.0. The first-order valence-electron chi connectivity index (χ1n) is 12.7. The van der Waals surface area contributed by atoms with Crippen molar-refractivity contribution in [1.82, 2.24) is 24.7 Å². The second-order valence-corrected chi connectivity index (χ2v) is 9.06. The number of aliphatic carboxylic acids is 3. The van der Waals surface area contributed by atoms with E-state index in [9.17, 15) is 39.3 Å². The molecule has 1 aliphatic rings. The molecule has 1 fully saturated rings. The zero-order chi connectivity index (χ0) is 28.5. The van der Waals surface area contributed by atoms with Crippen molar-refractivity contribution in [3.05, 3.63) is 11.8 Å². The average molecular weight is 544 g/mol. The number of hydrogen-bond donors (Lipinski definition) is 3. The van der Waals surface area contributed by atoms with Crippen LogP contribution in [0.2, 0.25) is 0 Å². The van der Waals surface area contributed by atoms with Crippen LogP contribution >= 0.6 is 0 Å². The predicted octanol–water partition coefficient (Wildman–Crippen LogP) is -0.875. The van der Waals surface area contributed by atoms with Crippen molar-refractivity contribution in [2.24, 2.45) is 0 Å². The molecule has 0 spiro atoms. The summed E-state index contributed by atoms with van der Waals surface area (Å²) in [7, 11) is 1.59. The highest BCUT2D eigenvalue weighted by atomic mass is 16.7. The van der Waals surface area contributed by atoms with Gasteiger partial charge in [-0.2, -0.15) is 0 Å². The molecule has 14 nitrogen and oxygen atoms in total. The molecule has 0 aliphatic carbocycles. The van der Waals surface area contributed by atoms with E-state index in [1.807, 2.05) is 13.0 Å². The van der Waals surface area contributed by atoms with Crippen molar-refractivity contribution in [2.45, 2.75) is 26.2 Å². The van der Waals surface area contributed by atoms with Crippen molar-refractivity contribution >= 4 is 30.2 Å². The Labute approximate surface area is 222 Å². The fourth-order valence-electron chi connectivity index (χ4n) is 4.04. The quantitative estimate of drug-likeness (QED) is 0.182. The van der Waals surface area contributed by atoms with Gasteiger partial charge in [0.25, 0.3) is 0 Å². The van der Waals surface area contributed by atoms with Crippen LogP contribution in [-0.2, 0) is 28.8 Å². The van der Waals surface area contributed by atoms with E-state index in [0.29, 0.717) is 77.3 Å². The van der Waals surface area contributed by atoms with Crippen LogP contribution in [-0.4, -0.2) is 156 Å². The second-order valence-electron chi connectivity index (χ2n) is 9.06. The Bertz CT molecular complexity index is 791. The van der Waals surface area contributed by atoms with Gasteiger partial charge in [-0.05, 0) is 12.8 Å². The summed E-state index contributed by atoms with van der Waals surface area (Å²) in [6, 6.07) is 0. The zero-order valence-corrected chi connectivity index (χ0v) is 22.3. The molecule has 0 aromatic rings. The summed E-state index contributed by atoms with van der Waals surface area (Å²) < 4.78 is 0. The summed E-state index contributed by atoms with van der Waals surface area (Å²) in [5.41, 5.74) is 0.702. The van der Waals surface area contributed by atoms with E-state index in [-0.39, 0.29) is 26.2 Å². The van der Waals surface area contributed by atoms with Gasteiger partial charge in [-0.15, -0.1) is 0 Å². The van der Waals surface area contributed by atoms with Crippen LogP contribution in [0.15, 0.2) is 11.8 Å². The van der Waals surface area contributed by atoms with Crippen molar-refractivity contribution in [3.8, 4) is 0 Å². The summed E-state index contributed by atoms with van der Waals surface area (Å²) in [4.78, 5) is 69.8. The predicted molar refractivity (Wildman–Crippen MR) is 136 cm³/mol. The van der Waals surface area contributed by atoms with Crippen LogP contribution in [0.3, 0.4) is 0 Å². The van der Waals surface area contributed by atoms with Crippen LogP contribution in [0, 0.1) is 0 Å². The molecule has 0 radical (unpaired) electrons. The van der Waals surface area contributed by atoms with Crippen molar-refractivity contribution in [2.75, 3.05) is 85.6 Å². The fraction of sp³-hybridized carbons (Fsp3) is 0.708. The third-order valence-corrected chi connectivity index (χ3v) is 5.96. The highest BCUT2D eigenvalue weighted by Gasteiger charge is 2.22. The molecule has 1 saturated heterocycles. The van der Waals surface area contributed by atoms with Gasteiger partial charge in [0.2, 0.25) is 0 Å². The number of hydrogen-bond acceptors (Lipinski definition) is 11. The van der Waals surface area contributed by atoms with Gasteiger partial charge in [-0.3, -0.25) is 34.0 Å². The topological polar surface area (TPSA) is 171 Å². The zero-order valence-electron chi connectivity index (χ0n) is 22.3. The molecule has 0 saturated carbocycles. The fourth-order valence-corrected chi connectivity index (χ4v) is 4.04. The van der Waals surface area contributed by atoms with Crippen LogP contribution in [0.1, 0.15) is 26.2 Å². The maximum Gasteiger partial charge on any atom is 0.346 e. The lowest BCUT2D eigenvalue weighted by molar-refractivity contribution is -0.178. The molecule has 1 aliphatic heterocycles. The summed E-state index contributed by atoms with van der Waals surface area (Å²) in [6.45, 7) is 3.50. The average Bonchev–Trinajstić information content (AvgIpc) is 2.82. The molecule has 216 valence electrons. The molecule has 1 heterocycles. The third-order valence-electron chi connectivity index (χ3n) is 5.96. The van der Waals surface area contributed by atoms with Crippen molar-refractivity contribution < 1.29 is 44.1 Å². The van der Waals surface area contributed by atoms with Crippen LogP contribution < -0.4 is 0 Å². The minimum absolute atomic E-state index is 0.107. The molecule has 0 amide bonds. The molecule has 1 rings (SSSR count). The van der Waals surface area contributed by atoms with Gasteiger partial charge in [0.05, 0.1) is 26.2 Å². The Kier molecular flexibility index (Phi) is 15.8. The van der Waals surface area contributed by atoms with Gasteiger partial charge < -0.3 is 25.0 Å². The summed E-state index contributed by atoms with van der Waals surface area (Å²) in [5, 5.41) is 29.2. The van der Waals surface area contributed by atoms with Crippen LogP contribution in [0.25, 0.3) is 0 Å². The van der Waals surface area contributed by atoms with Crippen LogP contribution in [0.4, 0.5) is 0 Å². The first-order chi connectivity index (χ1) is 18.0. The number of carboxylic acid groups (broad SMARTS) is 3. The molecule has 0 aromatic carbocycles. The number of carbonyl (C=O) groups excluding carboxylic acids is 2. The van der Waals surface area contributed by atoms with E-state index in [4.69, 9.17) is 4.84 Å². The molecule has 0 unspecified atom stereocenters. The molecule has 38 heavy (non-hydrogen) atoms. The van der Waals surface area contributed by atoms with E-state index in [1.54, 1.807) is 26.6 Å². The van der Waals surface area contributed by atoms with Gasteiger partial charge in [-0.25, -0.2) is 9.86 Å². The lowest BCUT2D eigenvalue weighted by atomic mass is 10.2. The molecular formula is C24H41N5O9. The monoisotopic (exact) mass is 543 g/mol. The van der Waals surface area contributed by atoms with Crippen LogP contribution in [0.5, 0.6) is 0 Å². The van der Waals surface area contributed by atoms with Crippen molar-refractivity contribution in [1.29, 1.82) is 0 Å². The minimum Gasteiger partial charge on any atom is -0.480 e. The maximum absolute atomic E-state index is 12.8. The lowest BCUT2D eigenvalue weighted by Gasteiger charge is -2.33. The number of carbonyl (C=O) groups is 5. The largest absolute Gasteiger partial charge is 0.480 e. The van der Waals surface area contributed by atoms with Crippen molar-refractivity contribution in [3.63, 3.8) is 0 Å². The smallest absolute Gasteiger partial charge is 0.346 e. The normalized spacial score (nSPS) is 17.7. The highest BCUT2D eigenvalue weighted by molar-refractivity contribution is 5.71. The summed E-state index contributed by atoms with van der Waals surface area (Å²) in [6.07, 6.45) is 4.09. The Morgan fingerprint density at radius 2 is 1.11 bits per heavy atom.